The van der Waals surface area contributed by atoms with Crippen molar-refractivity contribution >= 4 is 22.8 Å². The summed E-state index contributed by atoms with van der Waals surface area (Å²) in [7, 11) is 0. The minimum absolute atomic E-state index is 0.0385. The maximum Gasteiger partial charge on any atom is 0.257 e. The van der Waals surface area contributed by atoms with Crippen LogP contribution in [0.25, 0.3) is 16.7 Å². The molecular weight excluding hydrogens is 505 g/mol. The van der Waals surface area contributed by atoms with E-state index in [-0.39, 0.29) is 28.8 Å². The highest BCUT2D eigenvalue weighted by Crippen LogP contribution is 2.60. The summed E-state index contributed by atoms with van der Waals surface area (Å²) in [5.74, 6) is 1.14. The van der Waals surface area contributed by atoms with Crippen molar-refractivity contribution in [1.29, 1.82) is 0 Å². The average molecular weight is 537 g/mol. The number of fused-ring (bicyclic) bond motifs is 2. The summed E-state index contributed by atoms with van der Waals surface area (Å²) in [5.41, 5.74) is -0.968. The van der Waals surface area contributed by atoms with E-state index in [4.69, 9.17) is 0 Å². The third-order valence-electron chi connectivity index (χ3n) is 9.63. The van der Waals surface area contributed by atoms with Crippen LogP contribution in [0.1, 0.15) is 55.8 Å². The highest BCUT2D eigenvalue weighted by molar-refractivity contribution is 5.97. The summed E-state index contributed by atoms with van der Waals surface area (Å²) in [6, 6.07) is 6.32. The van der Waals surface area contributed by atoms with Gasteiger partial charge in [0.2, 0.25) is 5.43 Å². The van der Waals surface area contributed by atoms with Gasteiger partial charge in [0.15, 0.2) is 5.65 Å². The lowest BCUT2D eigenvalue weighted by molar-refractivity contribution is 0.0570. The second-order valence-electron chi connectivity index (χ2n) is 12.4. The predicted octanol–water partition coefficient (Wildman–Crippen LogP) is 5.16. The summed E-state index contributed by atoms with van der Waals surface area (Å²) < 4.78 is 44.0. The Morgan fingerprint density at radius 1 is 1.10 bits per heavy atom. The van der Waals surface area contributed by atoms with E-state index in [1.165, 1.54) is 36.1 Å². The summed E-state index contributed by atoms with van der Waals surface area (Å²) >= 11 is 0. The summed E-state index contributed by atoms with van der Waals surface area (Å²) in [6.45, 7) is 2.72. The van der Waals surface area contributed by atoms with E-state index in [0.29, 0.717) is 30.6 Å². The normalized spacial score (nSPS) is 31.3. The van der Waals surface area contributed by atoms with E-state index in [1.54, 1.807) is 17.0 Å². The molecule has 1 saturated heterocycles. The number of hydrogen-bond donors (Lipinski definition) is 1. The first-order valence-electron chi connectivity index (χ1n) is 13.9. The van der Waals surface area contributed by atoms with Crippen LogP contribution in [0.4, 0.5) is 19.0 Å². The SMILES string of the molecule is CC1(NC(=O)c2cn(-c3ccc(F)cc3F)c3nc(N4CC[C@H](F)C4)ccc3c2=O)CC2CC3C(C[C@@H]3C2)C1. The Morgan fingerprint density at radius 2 is 1.95 bits per heavy atom. The van der Waals surface area contributed by atoms with Crippen LogP contribution >= 0.6 is 0 Å². The lowest BCUT2D eigenvalue weighted by Gasteiger charge is -2.46. The van der Waals surface area contributed by atoms with Gasteiger partial charge in [0.05, 0.1) is 17.6 Å². The van der Waals surface area contributed by atoms with E-state index < -0.39 is 34.7 Å². The van der Waals surface area contributed by atoms with E-state index in [0.717, 1.165) is 36.8 Å². The standard InChI is InChI=1S/C30H31F3N4O2/c1-30(12-16-8-17-10-18(13-30)22(17)9-16)35-29(39)23-15-37(25-4-2-19(31)11-24(25)33)28-21(27(23)38)3-5-26(34-28)36-7-6-20(32)14-36/h2-5,11,15-18,20,22H,6-10,12-14H2,1H3,(H,35,39)/t16?,17-,18?,20-,22?,30?/m0/s1. The van der Waals surface area contributed by atoms with Crippen molar-refractivity contribution in [3.05, 3.63) is 63.9 Å². The topological polar surface area (TPSA) is 67.2 Å². The molecule has 1 aromatic carbocycles. The van der Waals surface area contributed by atoms with Gasteiger partial charge in [0.1, 0.15) is 29.2 Å². The smallest absolute Gasteiger partial charge is 0.257 e. The van der Waals surface area contributed by atoms with Crippen molar-refractivity contribution in [3.8, 4) is 5.69 Å². The summed E-state index contributed by atoms with van der Waals surface area (Å²) in [4.78, 5) is 33.7. The van der Waals surface area contributed by atoms with Crippen molar-refractivity contribution in [1.82, 2.24) is 14.9 Å². The highest BCUT2D eigenvalue weighted by atomic mass is 19.1. The zero-order chi connectivity index (χ0) is 27.1. The lowest BCUT2D eigenvalue weighted by Crippen LogP contribution is -2.51. The number of aromatic nitrogens is 2. The number of pyridine rings is 2. The van der Waals surface area contributed by atoms with Crippen molar-refractivity contribution in [2.24, 2.45) is 23.7 Å². The number of hydrogen-bond acceptors (Lipinski definition) is 4. The third-order valence-corrected chi connectivity index (χ3v) is 9.63. The number of alkyl halides is 1. The van der Waals surface area contributed by atoms with Gasteiger partial charge in [-0.15, -0.1) is 0 Å². The van der Waals surface area contributed by atoms with Gasteiger partial charge in [0, 0.05) is 24.3 Å². The van der Waals surface area contributed by atoms with Gasteiger partial charge in [-0.25, -0.2) is 18.2 Å². The second-order valence-corrected chi connectivity index (χ2v) is 12.4. The Morgan fingerprint density at radius 3 is 2.72 bits per heavy atom. The Kier molecular flexibility index (Phi) is 5.58. The molecule has 1 aliphatic heterocycles. The number of halogens is 3. The number of carbonyl (C=O) groups is 1. The molecule has 3 saturated carbocycles. The van der Waals surface area contributed by atoms with Crippen LogP contribution in [-0.2, 0) is 0 Å². The van der Waals surface area contributed by atoms with Crippen LogP contribution in [0.5, 0.6) is 0 Å². The minimum Gasteiger partial charge on any atom is -0.354 e. The van der Waals surface area contributed by atoms with Gasteiger partial charge >= 0.3 is 0 Å². The molecule has 6 atom stereocenters. The Hall–Kier alpha value is -3.36. The van der Waals surface area contributed by atoms with Gasteiger partial charge in [-0.05, 0) is 93.4 Å². The molecule has 0 spiro atoms. The molecule has 39 heavy (non-hydrogen) atoms. The largest absolute Gasteiger partial charge is 0.354 e. The number of rotatable bonds is 4. The molecule has 3 heterocycles. The van der Waals surface area contributed by atoms with Crippen LogP contribution in [0.3, 0.4) is 0 Å². The number of amides is 1. The molecule has 3 aliphatic carbocycles. The number of benzene rings is 1. The second kappa shape index (κ2) is 8.83. The van der Waals surface area contributed by atoms with Crippen LogP contribution in [0.15, 0.2) is 41.3 Å². The number of nitrogens with one attached hydrogen (secondary N) is 1. The zero-order valence-electron chi connectivity index (χ0n) is 21.8. The molecule has 0 radical (unpaired) electrons. The third kappa shape index (κ3) is 4.12. The number of anilines is 1. The number of nitrogens with zero attached hydrogens (tertiary/aromatic N) is 3. The average Bonchev–Trinajstić information content (AvgIpc) is 3.42. The summed E-state index contributed by atoms with van der Waals surface area (Å²) in [5, 5.41) is 3.32. The first-order valence-corrected chi connectivity index (χ1v) is 13.9. The first-order chi connectivity index (χ1) is 18.7. The molecule has 2 aromatic heterocycles. The zero-order valence-corrected chi connectivity index (χ0v) is 21.8. The molecule has 9 heteroatoms. The number of carbonyl (C=O) groups excluding carboxylic acids is 1. The summed E-state index contributed by atoms with van der Waals surface area (Å²) in [6.07, 6.45) is 6.13. The molecule has 1 N–H and O–H groups in total. The molecule has 1 amide bonds. The maximum atomic E-state index is 15.0. The van der Waals surface area contributed by atoms with Gasteiger partial charge in [-0.1, -0.05) is 0 Å². The van der Waals surface area contributed by atoms with Crippen LogP contribution in [0, 0.1) is 35.3 Å². The molecule has 4 aliphatic rings. The molecule has 3 aromatic rings. The fraction of sp³-hybridized carbons (Fsp3) is 0.500. The Labute approximate surface area is 224 Å². The molecule has 4 unspecified atom stereocenters. The van der Waals surface area contributed by atoms with Crippen molar-refractivity contribution in [2.75, 3.05) is 18.0 Å². The van der Waals surface area contributed by atoms with Crippen molar-refractivity contribution in [3.63, 3.8) is 0 Å². The Balaban J connectivity index is 1.31. The highest BCUT2D eigenvalue weighted by Gasteiger charge is 2.53. The molecule has 7 rings (SSSR count). The first kappa shape index (κ1) is 24.7. The fourth-order valence-electron chi connectivity index (χ4n) is 7.95. The lowest BCUT2D eigenvalue weighted by atomic mass is 9.62. The van der Waals surface area contributed by atoms with Gasteiger partial charge < -0.3 is 10.2 Å². The van der Waals surface area contributed by atoms with E-state index in [9.17, 15) is 18.4 Å². The fourth-order valence-corrected chi connectivity index (χ4v) is 7.95. The van der Waals surface area contributed by atoms with Crippen molar-refractivity contribution < 1.29 is 18.0 Å². The molecular formula is C30H31F3N4O2. The van der Waals surface area contributed by atoms with E-state index in [1.807, 2.05) is 0 Å². The van der Waals surface area contributed by atoms with Gasteiger partial charge in [0.25, 0.3) is 5.91 Å². The molecule has 204 valence electrons. The maximum absolute atomic E-state index is 15.0. The van der Waals surface area contributed by atoms with Crippen LogP contribution in [0.2, 0.25) is 0 Å². The molecule has 4 fully saturated rings. The van der Waals surface area contributed by atoms with E-state index in [2.05, 4.69) is 17.2 Å². The van der Waals surface area contributed by atoms with E-state index >= 15 is 4.39 Å². The van der Waals surface area contributed by atoms with Crippen LogP contribution in [-0.4, -0.2) is 40.3 Å². The molecule has 2 bridgehead atoms. The van der Waals surface area contributed by atoms with Crippen LogP contribution < -0.4 is 15.6 Å². The van der Waals surface area contributed by atoms with Gasteiger partial charge in [-0.2, -0.15) is 0 Å². The Bertz CT molecular complexity index is 1550. The molecule has 6 nitrogen and oxygen atoms in total. The minimum atomic E-state index is -0.975. The van der Waals surface area contributed by atoms with Gasteiger partial charge in [-0.3, -0.25) is 14.2 Å². The van der Waals surface area contributed by atoms with Crippen molar-refractivity contribution in [2.45, 2.75) is 57.2 Å². The monoisotopic (exact) mass is 536 g/mol. The predicted molar refractivity (Wildman–Crippen MR) is 142 cm³/mol. The quantitative estimate of drug-likeness (QED) is 0.501.